The van der Waals surface area contributed by atoms with E-state index in [-0.39, 0.29) is 17.9 Å². The van der Waals surface area contributed by atoms with Crippen LogP contribution in [0.2, 0.25) is 15.1 Å². The van der Waals surface area contributed by atoms with Crippen LogP contribution in [0.25, 0.3) is 0 Å². The third-order valence-electron chi connectivity index (χ3n) is 3.64. The van der Waals surface area contributed by atoms with Crippen molar-refractivity contribution in [3.05, 3.63) is 44.0 Å². The van der Waals surface area contributed by atoms with Gasteiger partial charge in [-0.3, -0.25) is 4.79 Å². The van der Waals surface area contributed by atoms with Crippen LogP contribution in [0.3, 0.4) is 0 Å². The first-order valence-electron chi connectivity index (χ1n) is 7.49. The molecule has 10 heteroatoms. The van der Waals surface area contributed by atoms with E-state index in [2.05, 4.69) is 10.4 Å². The van der Waals surface area contributed by atoms with Crippen LogP contribution < -0.4 is 10.1 Å². The number of amides is 1. The zero-order valence-corrected chi connectivity index (χ0v) is 16.4. The summed E-state index contributed by atoms with van der Waals surface area (Å²) in [6.07, 6.45) is -2.63. The first-order chi connectivity index (χ1) is 12.1. The summed E-state index contributed by atoms with van der Waals surface area (Å²) < 4.78 is 32.5. The summed E-state index contributed by atoms with van der Waals surface area (Å²) in [5.41, 5.74) is -0.348. The Kier molecular flexibility index (Phi) is 6.71. The van der Waals surface area contributed by atoms with Crippen molar-refractivity contribution in [1.82, 2.24) is 15.1 Å². The molecule has 0 spiro atoms. The summed E-state index contributed by atoms with van der Waals surface area (Å²) in [6, 6.07) is 2.63. The number of methoxy groups -OCH3 is 1. The Balaban J connectivity index is 2.23. The van der Waals surface area contributed by atoms with Gasteiger partial charge in [-0.2, -0.15) is 5.10 Å². The molecule has 1 aromatic carbocycles. The van der Waals surface area contributed by atoms with Crippen LogP contribution in [0, 0.1) is 0 Å². The SMILES string of the molecule is COc1c(C(=O)NC(C)Cc2c(Cl)cc(Cl)cc2Cl)c(C(F)F)nn1C. The van der Waals surface area contributed by atoms with Gasteiger partial charge < -0.3 is 10.1 Å². The fourth-order valence-electron chi connectivity index (χ4n) is 2.55. The van der Waals surface area contributed by atoms with Crippen LogP contribution >= 0.6 is 34.8 Å². The number of hydrogen-bond acceptors (Lipinski definition) is 3. The molecule has 0 saturated heterocycles. The number of alkyl halides is 2. The maximum Gasteiger partial charge on any atom is 0.283 e. The largest absolute Gasteiger partial charge is 0.481 e. The number of nitrogens with zero attached hydrogens (tertiary/aromatic N) is 2. The summed E-state index contributed by atoms with van der Waals surface area (Å²) in [7, 11) is 2.69. The van der Waals surface area contributed by atoms with E-state index in [1.54, 1.807) is 6.92 Å². The van der Waals surface area contributed by atoms with Crippen molar-refractivity contribution in [2.24, 2.45) is 7.05 Å². The first kappa shape index (κ1) is 20.7. The Morgan fingerprint density at radius 3 is 2.38 bits per heavy atom. The van der Waals surface area contributed by atoms with E-state index in [9.17, 15) is 13.6 Å². The van der Waals surface area contributed by atoms with Gasteiger partial charge in [0, 0.05) is 28.2 Å². The van der Waals surface area contributed by atoms with Crippen molar-refractivity contribution in [2.75, 3.05) is 7.11 Å². The molecular formula is C16H16Cl3F2N3O2. The fourth-order valence-corrected chi connectivity index (χ4v) is 3.52. The summed E-state index contributed by atoms with van der Waals surface area (Å²) in [4.78, 5) is 12.5. The van der Waals surface area contributed by atoms with Gasteiger partial charge in [-0.1, -0.05) is 34.8 Å². The predicted octanol–water partition coefficient (Wildman–Crippen LogP) is 4.69. The number of nitrogens with one attached hydrogen (secondary N) is 1. The molecule has 1 heterocycles. The van der Waals surface area contributed by atoms with Crippen LogP contribution in [0.4, 0.5) is 8.78 Å². The van der Waals surface area contributed by atoms with Crippen LogP contribution in [0.15, 0.2) is 12.1 Å². The molecule has 0 aliphatic heterocycles. The average molecular weight is 427 g/mol. The molecule has 0 saturated carbocycles. The zero-order chi connectivity index (χ0) is 19.6. The molecular weight excluding hydrogens is 411 g/mol. The highest BCUT2D eigenvalue weighted by Crippen LogP contribution is 2.31. The minimum atomic E-state index is -2.92. The van der Waals surface area contributed by atoms with Gasteiger partial charge in [0.1, 0.15) is 11.3 Å². The number of benzene rings is 1. The lowest BCUT2D eigenvalue weighted by atomic mass is 10.1. The predicted molar refractivity (Wildman–Crippen MR) is 96.8 cm³/mol. The molecule has 1 aromatic heterocycles. The maximum absolute atomic E-state index is 13.2. The Bertz CT molecular complexity index is 804. The molecule has 0 aliphatic rings. The normalized spacial score (nSPS) is 12.3. The zero-order valence-electron chi connectivity index (χ0n) is 14.1. The molecule has 1 atom stereocenters. The molecule has 1 amide bonds. The van der Waals surface area contributed by atoms with Gasteiger partial charge in [0.15, 0.2) is 0 Å². The van der Waals surface area contributed by atoms with Gasteiger partial charge in [0.2, 0.25) is 5.88 Å². The highest BCUT2D eigenvalue weighted by Gasteiger charge is 2.29. The van der Waals surface area contributed by atoms with E-state index in [1.807, 2.05) is 0 Å². The highest BCUT2D eigenvalue weighted by molar-refractivity contribution is 6.39. The lowest BCUT2D eigenvalue weighted by Gasteiger charge is -2.16. The van der Waals surface area contributed by atoms with Crippen molar-refractivity contribution in [2.45, 2.75) is 25.8 Å². The highest BCUT2D eigenvalue weighted by atomic mass is 35.5. The first-order valence-corrected chi connectivity index (χ1v) is 8.62. The Morgan fingerprint density at radius 2 is 1.88 bits per heavy atom. The van der Waals surface area contributed by atoms with Gasteiger partial charge in [0.25, 0.3) is 12.3 Å². The van der Waals surface area contributed by atoms with E-state index in [1.165, 1.54) is 26.3 Å². The van der Waals surface area contributed by atoms with Gasteiger partial charge in [0.05, 0.1) is 7.11 Å². The standard InChI is InChI=1S/C16H16Cl3F2N3O2/c1-7(4-9-10(18)5-8(17)6-11(9)19)22-15(25)12-13(14(20)21)23-24(2)16(12)26-3/h5-7,14H,4H2,1-3H3,(H,22,25). The number of halogens is 5. The number of aryl methyl sites for hydroxylation is 1. The topological polar surface area (TPSA) is 56.1 Å². The van der Waals surface area contributed by atoms with Crippen molar-refractivity contribution < 1.29 is 18.3 Å². The van der Waals surface area contributed by atoms with E-state index in [0.29, 0.717) is 20.6 Å². The van der Waals surface area contributed by atoms with Crippen molar-refractivity contribution in [3.63, 3.8) is 0 Å². The fraction of sp³-hybridized carbons (Fsp3) is 0.375. The Labute approximate surface area is 164 Å². The van der Waals surface area contributed by atoms with Crippen molar-refractivity contribution in [3.8, 4) is 5.88 Å². The number of rotatable bonds is 6. The second-order valence-corrected chi connectivity index (χ2v) is 6.87. The number of ether oxygens (including phenoxy) is 1. The van der Waals surface area contributed by atoms with E-state index in [4.69, 9.17) is 39.5 Å². The number of hydrogen-bond donors (Lipinski definition) is 1. The molecule has 0 radical (unpaired) electrons. The Hall–Kier alpha value is -1.57. The monoisotopic (exact) mass is 425 g/mol. The second-order valence-electron chi connectivity index (χ2n) is 5.62. The van der Waals surface area contributed by atoms with Gasteiger partial charge >= 0.3 is 0 Å². The number of carbonyl (C=O) groups is 1. The van der Waals surface area contributed by atoms with E-state index in [0.717, 1.165) is 4.68 Å². The van der Waals surface area contributed by atoms with Crippen molar-refractivity contribution >= 4 is 40.7 Å². The molecule has 0 fully saturated rings. The Morgan fingerprint density at radius 1 is 1.31 bits per heavy atom. The molecule has 1 unspecified atom stereocenters. The summed E-state index contributed by atoms with van der Waals surface area (Å²) in [5.74, 6) is -0.772. The van der Waals surface area contributed by atoms with Crippen LogP contribution in [0.5, 0.6) is 5.88 Å². The second kappa shape index (κ2) is 8.41. The number of carbonyl (C=O) groups excluding carboxylic acids is 1. The average Bonchev–Trinajstić information content (AvgIpc) is 2.87. The quantitative estimate of drug-likeness (QED) is 0.729. The third kappa shape index (κ3) is 4.39. The maximum atomic E-state index is 13.2. The van der Waals surface area contributed by atoms with Gasteiger partial charge in [-0.25, -0.2) is 13.5 Å². The number of aromatic nitrogens is 2. The van der Waals surface area contributed by atoms with E-state index >= 15 is 0 Å². The van der Waals surface area contributed by atoms with Gasteiger partial charge in [-0.05, 0) is 31.0 Å². The smallest absolute Gasteiger partial charge is 0.283 e. The summed E-state index contributed by atoms with van der Waals surface area (Å²) >= 11 is 18.1. The summed E-state index contributed by atoms with van der Waals surface area (Å²) in [5, 5.41) is 7.40. The molecule has 0 bridgehead atoms. The van der Waals surface area contributed by atoms with Crippen LogP contribution in [-0.4, -0.2) is 28.8 Å². The lowest BCUT2D eigenvalue weighted by molar-refractivity contribution is 0.0922. The summed E-state index contributed by atoms with van der Waals surface area (Å²) in [6.45, 7) is 1.70. The molecule has 2 rings (SSSR count). The molecule has 142 valence electrons. The van der Waals surface area contributed by atoms with Crippen molar-refractivity contribution in [1.29, 1.82) is 0 Å². The van der Waals surface area contributed by atoms with Crippen LogP contribution in [-0.2, 0) is 13.5 Å². The third-order valence-corrected chi connectivity index (χ3v) is 4.54. The lowest BCUT2D eigenvalue weighted by Crippen LogP contribution is -2.34. The van der Waals surface area contributed by atoms with E-state index < -0.39 is 24.1 Å². The van der Waals surface area contributed by atoms with Crippen LogP contribution in [0.1, 0.15) is 35.0 Å². The molecule has 1 N–H and O–H groups in total. The minimum Gasteiger partial charge on any atom is -0.481 e. The minimum absolute atomic E-state index is 0.0486. The molecule has 2 aromatic rings. The van der Waals surface area contributed by atoms with Gasteiger partial charge in [-0.15, -0.1) is 0 Å². The molecule has 0 aliphatic carbocycles. The molecule has 26 heavy (non-hydrogen) atoms. The molecule has 5 nitrogen and oxygen atoms in total.